The summed E-state index contributed by atoms with van der Waals surface area (Å²) < 4.78 is 5.45. The molecule has 2 heterocycles. The van der Waals surface area contributed by atoms with Crippen LogP contribution in [0, 0.1) is 0 Å². The zero-order chi connectivity index (χ0) is 14.5. The first-order valence-electron chi connectivity index (χ1n) is 7.42. The highest BCUT2D eigenvalue weighted by molar-refractivity contribution is 5.58. The molecule has 0 radical (unpaired) electrons. The molecule has 1 saturated heterocycles. The Kier molecular flexibility index (Phi) is 4.65. The fourth-order valence-corrected chi connectivity index (χ4v) is 2.67. The maximum absolute atomic E-state index is 8.95. The number of nitrogens with zero attached hydrogens (tertiary/aromatic N) is 3. The number of aromatic nitrogens is 1. The molecule has 1 aromatic heterocycles. The fourth-order valence-electron chi connectivity index (χ4n) is 2.67. The molecule has 0 bridgehead atoms. The molecule has 0 spiro atoms. The maximum Gasteiger partial charge on any atom is 0.151 e. The van der Waals surface area contributed by atoms with Gasteiger partial charge in [0, 0.05) is 44.4 Å². The van der Waals surface area contributed by atoms with Crippen LogP contribution in [0.1, 0.15) is 5.76 Å². The molecule has 0 saturated carbocycles. The molecule has 0 atom stereocenters. The molecule has 1 aliphatic heterocycles. The van der Waals surface area contributed by atoms with Crippen LogP contribution in [0.2, 0.25) is 0 Å². The molecule has 1 aromatic carbocycles. The standard InChI is InChI=1S/C16H21N3O2/c20-11-10-18-6-8-19(9-7-18)13-15-12-16(17-21-15)14-4-2-1-3-5-14/h1-5,12,20H,6-11,13H2. The molecule has 0 unspecified atom stereocenters. The van der Waals surface area contributed by atoms with Crippen molar-refractivity contribution in [2.75, 3.05) is 39.3 Å². The van der Waals surface area contributed by atoms with Crippen molar-refractivity contribution in [1.29, 1.82) is 0 Å². The minimum atomic E-state index is 0.239. The molecular formula is C16H21N3O2. The lowest BCUT2D eigenvalue weighted by molar-refractivity contribution is 0.102. The molecular weight excluding hydrogens is 266 g/mol. The average Bonchev–Trinajstić information content (AvgIpc) is 2.99. The highest BCUT2D eigenvalue weighted by Gasteiger charge is 2.18. The van der Waals surface area contributed by atoms with E-state index in [4.69, 9.17) is 9.63 Å². The number of benzene rings is 1. The van der Waals surface area contributed by atoms with Gasteiger partial charge in [-0.3, -0.25) is 9.80 Å². The Morgan fingerprint density at radius 1 is 1.05 bits per heavy atom. The van der Waals surface area contributed by atoms with E-state index in [2.05, 4.69) is 15.0 Å². The third-order valence-corrected chi connectivity index (χ3v) is 3.89. The summed E-state index contributed by atoms with van der Waals surface area (Å²) in [5, 5.41) is 13.1. The Morgan fingerprint density at radius 3 is 2.48 bits per heavy atom. The highest BCUT2D eigenvalue weighted by atomic mass is 16.5. The lowest BCUT2D eigenvalue weighted by Crippen LogP contribution is -2.46. The van der Waals surface area contributed by atoms with Gasteiger partial charge in [-0.15, -0.1) is 0 Å². The molecule has 2 aromatic rings. The first kappa shape index (κ1) is 14.3. The third kappa shape index (κ3) is 3.69. The number of hydrogen-bond acceptors (Lipinski definition) is 5. The molecule has 5 nitrogen and oxygen atoms in total. The average molecular weight is 287 g/mol. The van der Waals surface area contributed by atoms with Gasteiger partial charge in [0.1, 0.15) is 5.69 Å². The zero-order valence-corrected chi connectivity index (χ0v) is 12.1. The van der Waals surface area contributed by atoms with E-state index in [1.807, 2.05) is 36.4 Å². The van der Waals surface area contributed by atoms with Gasteiger partial charge in [-0.05, 0) is 0 Å². The van der Waals surface area contributed by atoms with Gasteiger partial charge in [0.25, 0.3) is 0 Å². The Morgan fingerprint density at radius 2 is 1.76 bits per heavy atom. The molecule has 5 heteroatoms. The molecule has 21 heavy (non-hydrogen) atoms. The van der Waals surface area contributed by atoms with Crippen molar-refractivity contribution in [3.63, 3.8) is 0 Å². The topological polar surface area (TPSA) is 52.7 Å². The number of piperazine rings is 1. The Hall–Kier alpha value is -1.69. The van der Waals surface area contributed by atoms with Crippen LogP contribution < -0.4 is 0 Å². The van der Waals surface area contributed by atoms with E-state index in [0.29, 0.717) is 0 Å². The monoisotopic (exact) mass is 287 g/mol. The largest absolute Gasteiger partial charge is 0.395 e. The van der Waals surface area contributed by atoms with Crippen molar-refractivity contribution in [3.05, 3.63) is 42.2 Å². The summed E-state index contributed by atoms with van der Waals surface area (Å²) in [6, 6.07) is 12.1. The summed E-state index contributed by atoms with van der Waals surface area (Å²) in [5.74, 6) is 0.907. The van der Waals surface area contributed by atoms with Crippen molar-refractivity contribution < 1.29 is 9.63 Å². The molecule has 0 aliphatic carbocycles. The molecule has 3 rings (SSSR count). The normalized spacial score (nSPS) is 17.2. The van der Waals surface area contributed by atoms with Crippen LogP contribution in [0.3, 0.4) is 0 Å². The van der Waals surface area contributed by atoms with E-state index in [0.717, 1.165) is 56.3 Å². The number of aliphatic hydroxyl groups is 1. The Labute approximate surface area is 124 Å². The summed E-state index contributed by atoms with van der Waals surface area (Å²) >= 11 is 0. The summed E-state index contributed by atoms with van der Waals surface area (Å²) in [6.45, 7) is 5.81. The first-order chi connectivity index (χ1) is 10.3. The Balaban J connectivity index is 1.56. The van der Waals surface area contributed by atoms with Gasteiger partial charge in [0.05, 0.1) is 13.2 Å². The van der Waals surface area contributed by atoms with Gasteiger partial charge < -0.3 is 9.63 Å². The van der Waals surface area contributed by atoms with Crippen LogP contribution in [0.25, 0.3) is 11.3 Å². The molecule has 0 amide bonds. The predicted octanol–water partition coefficient (Wildman–Crippen LogP) is 1.45. The van der Waals surface area contributed by atoms with Crippen LogP contribution >= 0.6 is 0 Å². The van der Waals surface area contributed by atoms with Crippen LogP contribution in [0.5, 0.6) is 0 Å². The summed E-state index contributed by atoms with van der Waals surface area (Å²) in [6.07, 6.45) is 0. The van der Waals surface area contributed by atoms with Gasteiger partial charge in [-0.25, -0.2) is 0 Å². The van der Waals surface area contributed by atoms with Crippen molar-refractivity contribution in [3.8, 4) is 11.3 Å². The lowest BCUT2D eigenvalue weighted by Gasteiger charge is -2.33. The number of aliphatic hydroxyl groups excluding tert-OH is 1. The lowest BCUT2D eigenvalue weighted by atomic mass is 10.1. The number of hydrogen-bond donors (Lipinski definition) is 1. The van der Waals surface area contributed by atoms with E-state index in [1.54, 1.807) is 0 Å². The zero-order valence-electron chi connectivity index (χ0n) is 12.1. The van der Waals surface area contributed by atoms with E-state index < -0.39 is 0 Å². The predicted molar refractivity (Wildman–Crippen MR) is 80.7 cm³/mol. The van der Waals surface area contributed by atoms with E-state index in [1.165, 1.54) is 0 Å². The van der Waals surface area contributed by atoms with Crippen LogP contribution in [-0.4, -0.2) is 59.4 Å². The van der Waals surface area contributed by atoms with Crippen molar-refractivity contribution >= 4 is 0 Å². The van der Waals surface area contributed by atoms with Gasteiger partial charge in [-0.1, -0.05) is 35.5 Å². The smallest absolute Gasteiger partial charge is 0.151 e. The number of rotatable bonds is 5. The van der Waals surface area contributed by atoms with Crippen LogP contribution in [0.4, 0.5) is 0 Å². The summed E-state index contributed by atoms with van der Waals surface area (Å²) in [7, 11) is 0. The molecule has 1 aliphatic rings. The van der Waals surface area contributed by atoms with Gasteiger partial charge >= 0.3 is 0 Å². The molecule has 1 fully saturated rings. The summed E-state index contributed by atoms with van der Waals surface area (Å²) in [4.78, 5) is 4.65. The van der Waals surface area contributed by atoms with Gasteiger partial charge in [0.15, 0.2) is 5.76 Å². The summed E-state index contributed by atoms with van der Waals surface area (Å²) in [5.41, 5.74) is 1.98. The SMILES string of the molecule is OCCN1CCN(Cc2cc(-c3ccccc3)no2)CC1. The molecule has 1 N–H and O–H groups in total. The quantitative estimate of drug-likeness (QED) is 0.902. The fraction of sp³-hybridized carbons (Fsp3) is 0.438. The van der Waals surface area contributed by atoms with Crippen LogP contribution in [0.15, 0.2) is 40.9 Å². The Bertz CT molecular complexity index is 548. The van der Waals surface area contributed by atoms with E-state index in [-0.39, 0.29) is 6.61 Å². The second kappa shape index (κ2) is 6.85. The van der Waals surface area contributed by atoms with E-state index in [9.17, 15) is 0 Å². The van der Waals surface area contributed by atoms with Gasteiger partial charge in [-0.2, -0.15) is 0 Å². The van der Waals surface area contributed by atoms with E-state index >= 15 is 0 Å². The second-order valence-corrected chi connectivity index (χ2v) is 5.39. The third-order valence-electron chi connectivity index (χ3n) is 3.89. The maximum atomic E-state index is 8.95. The first-order valence-corrected chi connectivity index (χ1v) is 7.42. The number of β-amino-alcohol motifs (C(OH)–C–C–N with tert-alkyl or cyclic N) is 1. The van der Waals surface area contributed by atoms with Crippen molar-refractivity contribution in [1.82, 2.24) is 15.0 Å². The molecule has 112 valence electrons. The second-order valence-electron chi connectivity index (χ2n) is 5.39. The van der Waals surface area contributed by atoms with Crippen molar-refractivity contribution in [2.45, 2.75) is 6.54 Å². The van der Waals surface area contributed by atoms with Gasteiger partial charge in [0.2, 0.25) is 0 Å². The minimum Gasteiger partial charge on any atom is -0.395 e. The minimum absolute atomic E-state index is 0.239. The highest BCUT2D eigenvalue weighted by Crippen LogP contribution is 2.19. The van der Waals surface area contributed by atoms with Crippen molar-refractivity contribution in [2.24, 2.45) is 0 Å². The van der Waals surface area contributed by atoms with Crippen LogP contribution in [-0.2, 0) is 6.54 Å².